The van der Waals surface area contributed by atoms with Crippen LogP contribution >= 0.6 is 22.6 Å². The lowest BCUT2D eigenvalue weighted by atomic mass is 9.44. The lowest BCUT2D eigenvalue weighted by Crippen LogP contribution is -2.58. The molecule has 0 radical (unpaired) electrons. The summed E-state index contributed by atoms with van der Waals surface area (Å²) >= 11 is 2.42. The van der Waals surface area contributed by atoms with Crippen LogP contribution in [0.5, 0.6) is 0 Å². The summed E-state index contributed by atoms with van der Waals surface area (Å²) in [6.45, 7) is 4.70. The molecule has 4 fully saturated rings. The van der Waals surface area contributed by atoms with Crippen LogP contribution in [-0.4, -0.2) is 37.6 Å². The Balaban J connectivity index is 1.68. The van der Waals surface area contributed by atoms with Crippen LogP contribution in [0.25, 0.3) is 0 Å². The monoisotopic (exact) mass is 434 g/mol. The van der Waals surface area contributed by atoms with E-state index in [4.69, 9.17) is 0 Å². The van der Waals surface area contributed by atoms with Crippen molar-refractivity contribution >= 4 is 22.6 Å². The first-order chi connectivity index (χ1) is 10.8. The number of rotatable bonds is 0. The minimum atomic E-state index is -0.248. The molecule has 0 heterocycles. The van der Waals surface area contributed by atoms with Gasteiger partial charge in [0.05, 0.1) is 18.3 Å². The maximum Gasteiger partial charge on any atom is 0.0714 e. The Hall–Kier alpha value is 0.610. The van der Waals surface area contributed by atoms with E-state index in [9.17, 15) is 15.3 Å². The lowest BCUT2D eigenvalue weighted by Gasteiger charge is -2.61. The van der Waals surface area contributed by atoms with Crippen molar-refractivity contribution < 1.29 is 15.3 Å². The van der Waals surface area contributed by atoms with Gasteiger partial charge in [-0.25, -0.2) is 0 Å². The number of aliphatic hydroxyl groups is 3. The summed E-state index contributed by atoms with van der Waals surface area (Å²) in [7, 11) is 0. The fourth-order valence-electron chi connectivity index (χ4n) is 7.15. The van der Waals surface area contributed by atoms with Gasteiger partial charge in [0.25, 0.3) is 0 Å². The first kappa shape index (κ1) is 17.0. The third kappa shape index (κ3) is 2.30. The molecule has 132 valence electrons. The normalized spacial score (nSPS) is 62.3. The van der Waals surface area contributed by atoms with E-state index < -0.39 is 0 Å². The standard InChI is InChI=1S/C19H31IO3/c1-18-5-3-11(21)7-10(18)8-15(22)16-12(18)4-6-19(2)13(16)9-14(20)17(19)23/h10-17,21-23H,3-9H2,1-2H3/t10?,11-,12-,13-,14+,15-,16+,17-,18-,19-/m0/s1. The Morgan fingerprint density at radius 1 is 0.870 bits per heavy atom. The van der Waals surface area contributed by atoms with Gasteiger partial charge in [-0.2, -0.15) is 0 Å². The maximum atomic E-state index is 11.0. The van der Waals surface area contributed by atoms with Gasteiger partial charge < -0.3 is 15.3 Å². The first-order valence-corrected chi connectivity index (χ1v) is 10.7. The first-order valence-electron chi connectivity index (χ1n) is 9.45. The molecule has 0 amide bonds. The molecule has 0 bridgehead atoms. The Kier molecular flexibility index (Phi) is 4.11. The predicted molar refractivity (Wildman–Crippen MR) is 98.3 cm³/mol. The van der Waals surface area contributed by atoms with E-state index in [1.807, 2.05) is 0 Å². The average molecular weight is 434 g/mol. The van der Waals surface area contributed by atoms with Crippen LogP contribution in [-0.2, 0) is 0 Å². The number of hydrogen-bond donors (Lipinski definition) is 3. The van der Waals surface area contributed by atoms with Crippen LogP contribution in [0.15, 0.2) is 0 Å². The predicted octanol–water partition coefficient (Wildman–Crippen LogP) is 3.14. The van der Waals surface area contributed by atoms with E-state index in [1.54, 1.807) is 0 Å². The molecule has 4 saturated carbocycles. The van der Waals surface area contributed by atoms with Gasteiger partial charge in [0.1, 0.15) is 0 Å². The number of aliphatic hydroxyl groups excluding tert-OH is 3. The highest BCUT2D eigenvalue weighted by Crippen LogP contribution is 2.66. The van der Waals surface area contributed by atoms with Crippen LogP contribution in [0.3, 0.4) is 0 Å². The molecular weight excluding hydrogens is 403 g/mol. The Bertz CT molecular complexity index is 485. The van der Waals surface area contributed by atoms with Crippen LogP contribution in [0.4, 0.5) is 0 Å². The van der Waals surface area contributed by atoms with Gasteiger partial charge in [-0.15, -0.1) is 0 Å². The Morgan fingerprint density at radius 3 is 2.30 bits per heavy atom. The van der Waals surface area contributed by atoms with E-state index in [2.05, 4.69) is 36.4 Å². The molecular formula is C19H31IO3. The summed E-state index contributed by atoms with van der Waals surface area (Å²) in [5.74, 6) is 1.83. The summed E-state index contributed by atoms with van der Waals surface area (Å²) in [4.78, 5) is 0. The molecule has 0 aromatic heterocycles. The number of fused-ring (bicyclic) bond motifs is 5. The molecule has 1 unspecified atom stereocenters. The average Bonchev–Trinajstić information content (AvgIpc) is 2.73. The third-order valence-corrected chi connectivity index (χ3v) is 9.78. The van der Waals surface area contributed by atoms with Crippen LogP contribution < -0.4 is 0 Å². The van der Waals surface area contributed by atoms with Crippen molar-refractivity contribution in [2.75, 3.05) is 0 Å². The molecule has 0 aromatic carbocycles. The molecule has 10 atom stereocenters. The van der Waals surface area contributed by atoms with Gasteiger partial charge in [0.15, 0.2) is 0 Å². The third-order valence-electron chi connectivity index (χ3n) is 8.59. The van der Waals surface area contributed by atoms with Crippen molar-refractivity contribution in [1.82, 2.24) is 0 Å². The molecule has 4 aliphatic carbocycles. The van der Waals surface area contributed by atoms with Crippen molar-refractivity contribution in [2.24, 2.45) is 34.5 Å². The fraction of sp³-hybridized carbons (Fsp3) is 1.00. The second-order valence-corrected chi connectivity index (χ2v) is 11.1. The molecule has 3 N–H and O–H groups in total. The Morgan fingerprint density at radius 2 is 1.57 bits per heavy atom. The van der Waals surface area contributed by atoms with Gasteiger partial charge >= 0.3 is 0 Å². The van der Waals surface area contributed by atoms with Gasteiger partial charge in [0.2, 0.25) is 0 Å². The zero-order chi connectivity index (χ0) is 16.6. The topological polar surface area (TPSA) is 60.7 Å². The molecule has 0 aliphatic heterocycles. The van der Waals surface area contributed by atoms with E-state index in [0.29, 0.717) is 27.6 Å². The minimum absolute atomic E-state index is 0.00855. The largest absolute Gasteiger partial charge is 0.393 e. The van der Waals surface area contributed by atoms with Gasteiger partial charge in [0, 0.05) is 3.92 Å². The zero-order valence-electron chi connectivity index (χ0n) is 14.3. The summed E-state index contributed by atoms with van der Waals surface area (Å²) in [6, 6.07) is 0. The summed E-state index contributed by atoms with van der Waals surface area (Å²) < 4.78 is 0.326. The van der Waals surface area contributed by atoms with Crippen molar-refractivity contribution in [3.8, 4) is 0 Å². The molecule has 0 spiro atoms. The number of halogens is 1. The molecule has 3 nitrogen and oxygen atoms in total. The smallest absolute Gasteiger partial charge is 0.0714 e. The van der Waals surface area contributed by atoms with Gasteiger partial charge in [-0.1, -0.05) is 36.4 Å². The highest BCUT2D eigenvalue weighted by Gasteiger charge is 2.63. The fourth-order valence-corrected chi connectivity index (χ4v) is 8.52. The summed E-state index contributed by atoms with van der Waals surface area (Å²) in [6.07, 6.45) is 6.40. The molecule has 23 heavy (non-hydrogen) atoms. The van der Waals surface area contributed by atoms with Crippen molar-refractivity contribution in [3.63, 3.8) is 0 Å². The van der Waals surface area contributed by atoms with E-state index in [0.717, 1.165) is 44.9 Å². The quantitative estimate of drug-likeness (QED) is 0.406. The SMILES string of the molecule is C[C@]12CC[C@H]3[C@@H]([C@@H](O)CC4C[C@@H](O)CC[C@@]43C)[C@@H]1C[C@@H](I)[C@@H]2O. The highest BCUT2D eigenvalue weighted by atomic mass is 127. The van der Waals surface area contributed by atoms with Crippen molar-refractivity contribution in [3.05, 3.63) is 0 Å². The Labute approximate surface area is 153 Å². The van der Waals surface area contributed by atoms with E-state index in [1.165, 1.54) is 0 Å². The van der Waals surface area contributed by atoms with Crippen LogP contribution in [0.2, 0.25) is 0 Å². The number of alkyl halides is 1. The number of hydrogen-bond acceptors (Lipinski definition) is 3. The summed E-state index contributed by atoms with van der Waals surface area (Å²) in [5, 5.41) is 31.8. The van der Waals surface area contributed by atoms with Crippen molar-refractivity contribution in [1.29, 1.82) is 0 Å². The molecule has 4 rings (SSSR count). The van der Waals surface area contributed by atoms with E-state index >= 15 is 0 Å². The molecule has 4 aliphatic rings. The maximum absolute atomic E-state index is 11.0. The van der Waals surface area contributed by atoms with Gasteiger partial charge in [-0.05, 0) is 79.4 Å². The van der Waals surface area contributed by atoms with Crippen LogP contribution in [0.1, 0.15) is 58.8 Å². The van der Waals surface area contributed by atoms with Crippen LogP contribution in [0, 0.1) is 34.5 Å². The van der Waals surface area contributed by atoms with Gasteiger partial charge in [-0.3, -0.25) is 0 Å². The summed E-state index contributed by atoms with van der Waals surface area (Å²) in [5.41, 5.74) is 0.268. The van der Waals surface area contributed by atoms with E-state index in [-0.39, 0.29) is 29.1 Å². The second-order valence-electron chi connectivity index (χ2n) is 9.47. The molecule has 0 aromatic rings. The second kappa shape index (κ2) is 5.55. The molecule has 0 saturated heterocycles. The zero-order valence-corrected chi connectivity index (χ0v) is 16.4. The minimum Gasteiger partial charge on any atom is -0.393 e. The van der Waals surface area contributed by atoms with Crippen molar-refractivity contribution in [2.45, 2.75) is 81.0 Å². The lowest BCUT2D eigenvalue weighted by molar-refractivity contribution is -0.176. The molecule has 4 heteroatoms. The highest BCUT2D eigenvalue weighted by molar-refractivity contribution is 14.1.